The lowest BCUT2D eigenvalue weighted by Crippen LogP contribution is -2.45. The molecule has 6 heteroatoms. The molecular formula is C20H30ClN3O2. The van der Waals surface area contributed by atoms with Gasteiger partial charge in [-0.25, -0.2) is 0 Å². The first kappa shape index (κ1) is 20.7. The van der Waals surface area contributed by atoms with Crippen molar-refractivity contribution in [1.29, 1.82) is 0 Å². The van der Waals surface area contributed by atoms with Crippen LogP contribution in [0.25, 0.3) is 0 Å². The molecule has 0 aromatic heterocycles. The molecule has 1 aromatic carbocycles. The molecule has 26 heavy (non-hydrogen) atoms. The van der Waals surface area contributed by atoms with Crippen LogP contribution in [-0.2, 0) is 9.59 Å². The van der Waals surface area contributed by atoms with Gasteiger partial charge in [-0.2, -0.15) is 0 Å². The second kappa shape index (κ2) is 9.38. The second-order valence-corrected chi connectivity index (χ2v) is 7.21. The third-order valence-corrected chi connectivity index (χ3v) is 5.48. The molecule has 0 spiro atoms. The number of amides is 2. The summed E-state index contributed by atoms with van der Waals surface area (Å²) >= 11 is 0. The number of hydrogen-bond donors (Lipinski definition) is 1. The fraction of sp³-hybridized carbons (Fsp3) is 0.600. The Hall–Kier alpha value is -1.59. The standard InChI is InChI=1S/C20H29N3O2.ClH/c1-3-11-22(18-9-10-21-13-18)20(25)17-12-19(24)23(14-17)15(2)16-7-5-4-6-8-16;/h4-8,15,17-18,21H,3,9-14H2,1-2H3;1H. The number of carbonyl (C=O) groups is 2. The van der Waals surface area contributed by atoms with Gasteiger partial charge >= 0.3 is 0 Å². The first-order chi connectivity index (χ1) is 12.1. The van der Waals surface area contributed by atoms with E-state index in [9.17, 15) is 9.59 Å². The molecule has 2 heterocycles. The lowest BCUT2D eigenvalue weighted by Gasteiger charge is -2.31. The number of halogens is 1. The highest BCUT2D eigenvalue weighted by atomic mass is 35.5. The number of nitrogens with one attached hydrogen (secondary N) is 1. The van der Waals surface area contributed by atoms with Gasteiger partial charge in [0.1, 0.15) is 0 Å². The molecule has 3 unspecified atom stereocenters. The van der Waals surface area contributed by atoms with Gasteiger partial charge in [0, 0.05) is 32.1 Å². The number of carbonyl (C=O) groups excluding carboxylic acids is 2. The largest absolute Gasteiger partial charge is 0.338 e. The van der Waals surface area contributed by atoms with Crippen LogP contribution in [0.1, 0.15) is 44.7 Å². The van der Waals surface area contributed by atoms with E-state index in [1.807, 2.05) is 47.1 Å². The van der Waals surface area contributed by atoms with Crippen LogP contribution in [0.2, 0.25) is 0 Å². The van der Waals surface area contributed by atoms with Crippen LogP contribution >= 0.6 is 12.4 Å². The third-order valence-electron chi connectivity index (χ3n) is 5.48. The second-order valence-electron chi connectivity index (χ2n) is 7.21. The Morgan fingerprint density at radius 1 is 1.35 bits per heavy atom. The van der Waals surface area contributed by atoms with Crippen molar-refractivity contribution in [2.45, 2.75) is 45.2 Å². The predicted octanol–water partition coefficient (Wildman–Crippen LogP) is 2.62. The summed E-state index contributed by atoms with van der Waals surface area (Å²) in [6, 6.07) is 10.3. The van der Waals surface area contributed by atoms with E-state index < -0.39 is 0 Å². The third kappa shape index (κ3) is 4.38. The Labute approximate surface area is 162 Å². The van der Waals surface area contributed by atoms with Crippen LogP contribution < -0.4 is 5.32 Å². The van der Waals surface area contributed by atoms with Gasteiger partial charge in [0.15, 0.2) is 0 Å². The minimum Gasteiger partial charge on any atom is -0.338 e. The average molecular weight is 380 g/mol. The lowest BCUT2D eigenvalue weighted by molar-refractivity contribution is -0.137. The average Bonchev–Trinajstić information content (AvgIpc) is 3.29. The summed E-state index contributed by atoms with van der Waals surface area (Å²) in [6.45, 7) is 7.31. The minimum absolute atomic E-state index is 0. The summed E-state index contributed by atoms with van der Waals surface area (Å²) in [7, 11) is 0. The van der Waals surface area contributed by atoms with Crippen molar-refractivity contribution in [3.05, 3.63) is 35.9 Å². The van der Waals surface area contributed by atoms with Crippen molar-refractivity contribution in [3.8, 4) is 0 Å². The summed E-state index contributed by atoms with van der Waals surface area (Å²) in [6.07, 6.45) is 2.31. The van der Waals surface area contributed by atoms with E-state index >= 15 is 0 Å². The van der Waals surface area contributed by atoms with Crippen molar-refractivity contribution in [2.24, 2.45) is 5.92 Å². The molecule has 5 nitrogen and oxygen atoms in total. The predicted molar refractivity (Wildman–Crippen MR) is 105 cm³/mol. The number of nitrogens with zero attached hydrogens (tertiary/aromatic N) is 2. The highest BCUT2D eigenvalue weighted by Crippen LogP contribution is 2.30. The van der Waals surface area contributed by atoms with E-state index in [0.29, 0.717) is 13.0 Å². The Morgan fingerprint density at radius 3 is 2.69 bits per heavy atom. The van der Waals surface area contributed by atoms with Gasteiger partial charge in [-0.3, -0.25) is 9.59 Å². The zero-order valence-corrected chi connectivity index (χ0v) is 16.5. The topological polar surface area (TPSA) is 52.7 Å². The molecule has 0 aliphatic carbocycles. The van der Waals surface area contributed by atoms with Crippen LogP contribution in [0.15, 0.2) is 30.3 Å². The highest BCUT2D eigenvalue weighted by molar-refractivity contribution is 5.89. The molecule has 0 bridgehead atoms. The number of benzene rings is 1. The Bertz CT molecular complexity index is 604. The molecule has 2 amide bonds. The fourth-order valence-electron chi connectivity index (χ4n) is 4.04. The normalized spacial score (nSPS) is 23.6. The van der Waals surface area contributed by atoms with Crippen LogP contribution in [0.3, 0.4) is 0 Å². The first-order valence-electron chi connectivity index (χ1n) is 9.47. The van der Waals surface area contributed by atoms with Crippen LogP contribution in [0.5, 0.6) is 0 Å². The van der Waals surface area contributed by atoms with E-state index in [2.05, 4.69) is 12.2 Å². The number of hydrogen-bond acceptors (Lipinski definition) is 3. The summed E-state index contributed by atoms with van der Waals surface area (Å²) in [4.78, 5) is 29.5. The molecular weight excluding hydrogens is 350 g/mol. The first-order valence-corrected chi connectivity index (χ1v) is 9.47. The number of rotatable bonds is 6. The van der Waals surface area contributed by atoms with Gasteiger partial charge in [-0.05, 0) is 31.9 Å². The molecule has 1 N–H and O–H groups in total. The molecule has 2 aliphatic heterocycles. The molecule has 2 aliphatic rings. The number of likely N-dealkylation sites (tertiary alicyclic amines) is 1. The maximum Gasteiger partial charge on any atom is 0.228 e. The SMILES string of the molecule is CCCN(C(=O)C1CC(=O)N(C(C)c2ccccc2)C1)C1CCNC1.Cl. The van der Waals surface area contributed by atoms with E-state index in [0.717, 1.165) is 38.0 Å². The Balaban J connectivity index is 0.00000243. The molecule has 2 saturated heterocycles. The maximum absolute atomic E-state index is 13.1. The van der Waals surface area contributed by atoms with Crippen molar-refractivity contribution < 1.29 is 9.59 Å². The van der Waals surface area contributed by atoms with Crippen molar-refractivity contribution >= 4 is 24.2 Å². The molecule has 0 radical (unpaired) electrons. The van der Waals surface area contributed by atoms with Crippen LogP contribution in [0.4, 0.5) is 0 Å². The lowest BCUT2D eigenvalue weighted by atomic mass is 10.0. The summed E-state index contributed by atoms with van der Waals surface area (Å²) in [5.41, 5.74) is 1.12. The summed E-state index contributed by atoms with van der Waals surface area (Å²) in [5.74, 6) is 0.0492. The molecule has 2 fully saturated rings. The monoisotopic (exact) mass is 379 g/mol. The van der Waals surface area contributed by atoms with Gasteiger partial charge in [0.05, 0.1) is 12.0 Å². The molecule has 1 aromatic rings. The van der Waals surface area contributed by atoms with Crippen LogP contribution in [0, 0.1) is 5.92 Å². The zero-order chi connectivity index (χ0) is 17.8. The molecule has 3 atom stereocenters. The van der Waals surface area contributed by atoms with E-state index in [-0.39, 0.29) is 42.2 Å². The Morgan fingerprint density at radius 2 is 2.08 bits per heavy atom. The van der Waals surface area contributed by atoms with E-state index in [1.165, 1.54) is 0 Å². The van der Waals surface area contributed by atoms with Gasteiger partial charge in [-0.1, -0.05) is 37.3 Å². The van der Waals surface area contributed by atoms with Gasteiger partial charge in [0.2, 0.25) is 11.8 Å². The van der Waals surface area contributed by atoms with Crippen LogP contribution in [-0.4, -0.2) is 53.8 Å². The zero-order valence-electron chi connectivity index (χ0n) is 15.7. The fourth-order valence-corrected chi connectivity index (χ4v) is 4.04. The highest BCUT2D eigenvalue weighted by Gasteiger charge is 2.40. The van der Waals surface area contributed by atoms with Gasteiger partial charge < -0.3 is 15.1 Å². The van der Waals surface area contributed by atoms with Crippen molar-refractivity contribution in [1.82, 2.24) is 15.1 Å². The Kier molecular flexibility index (Phi) is 7.47. The smallest absolute Gasteiger partial charge is 0.228 e. The van der Waals surface area contributed by atoms with E-state index in [1.54, 1.807) is 0 Å². The summed E-state index contributed by atoms with van der Waals surface area (Å²) in [5, 5.41) is 3.34. The molecule has 0 saturated carbocycles. The maximum atomic E-state index is 13.1. The minimum atomic E-state index is -0.203. The molecule has 3 rings (SSSR count). The van der Waals surface area contributed by atoms with Crippen molar-refractivity contribution in [2.75, 3.05) is 26.2 Å². The quantitative estimate of drug-likeness (QED) is 0.826. The van der Waals surface area contributed by atoms with Gasteiger partial charge in [0.25, 0.3) is 0 Å². The van der Waals surface area contributed by atoms with E-state index in [4.69, 9.17) is 0 Å². The van der Waals surface area contributed by atoms with Gasteiger partial charge in [-0.15, -0.1) is 12.4 Å². The van der Waals surface area contributed by atoms with Crippen molar-refractivity contribution in [3.63, 3.8) is 0 Å². The summed E-state index contributed by atoms with van der Waals surface area (Å²) < 4.78 is 0. The molecule has 144 valence electrons.